The van der Waals surface area contributed by atoms with E-state index in [4.69, 9.17) is 5.73 Å². The van der Waals surface area contributed by atoms with E-state index in [0.29, 0.717) is 0 Å². The number of aromatic nitrogens is 1. The number of nitrogen functional groups attached to an aromatic ring is 1. The van der Waals surface area contributed by atoms with Gasteiger partial charge in [0, 0.05) is 37.7 Å². The van der Waals surface area contributed by atoms with Crippen molar-refractivity contribution in [1.82, 2.24) is 9.88 Å². The molecule has 1 aliphatic rings. The predicted octanol–water partition coefficient (Wildman–Crippen LogP) is 2.26. The van der Waals surface area contributed by atoms with Gasteiger partial charge in [-0.2, -0.15) is 0 Å². The molecule has 0 atom stereocenters. The minimum Gasteiger partial charge on any atom is -0.399 e. The molecule has 0 spiro atoms. The highest BCUT2D eigenvalue weighted by Crippen LogP contribution is 2.21. The molecule has 0 aliphatic carbocycles. The quantitative estimate of drug-likeness (QED) is 0.853. The van der Waals surface area contributed by atoms with Crippen LogP contribution in [0.1, 0.15) is 16.7 Å². The van der Waals surface area contributed by atoms with E-state index in [-0.39, 0.29) is 0 Å². The largest absolute Gasteiger partial charge is 0.399 e. The van der Waals surface area contributed by atoms with Crippen LogP contribution in [-0.4, -0.2) is 23.0 Å². The Balaban J connectivity index is 1.62. The van der Waals surface area contributed by atoms with Gasteiger partial charge in [-0.1, -0.05) is 6.07 Å². The highest BCUT2D eigenvalue weighted by molar-refractivity contribution is 5.45. The van der Waals surface area contributed by atoms with E-state index in [1.807, 2.05) is 18.5 Å². The number of benzene rings is 1. The normalized spacial score (nSPS) is 15.2. The van der Waals surface area contributed by atoms with E-state index in [1.165, 1.54) is 16.7 Å². The number of fused-ring (bicyclic) bond motifs is 1. The van der Waals surface area contributed by atoms with Gasteiger partial charge in [0.2, 0.25) is 0 Å². The molecule has 0 bridgehead atoms. The lowest BCUT2D eigenvalue weighted by Crippen LogP contribution is -2.32. The van der Waals surface area contributed by atoms with Crippen LogP contribution < -0.4 is 5.73 Å². The first-order chi connectivity index (χ1) is 9.31. The second-order valence-electron chi connectivity index (χ2n) is 5.16. The van der Waals surface area contributed by atoms with Crippen LogP contribution in [0.4, 0.5) is 5.69 Å². The van der Waals surface area contributed by atoms with E-state index in [0.717, 1.165) is 38.2 Å². The third-order valence-corrected chi connectivity index (χ3v) is 3.79. The Labute approximate surface area is 114 Å². The minimum atomic E-state index is 0.870. The molecular weight excluding hydrogens is 234 g/mol. The van der Waals surface area contributed by atoms with Gasteiger partial charge >= 0.3 is 0 Å². The molecule has 98 valence electrons. The summed E-state index contributed by atoms with van der Waals surface area (Å²) < 4.78 is 0. The van der Waals surface area contributed by atoms with Crippen LogP contribution in [0.15, 0.2) is 42.7 Å². The predicted molar refractivity (Wildman–Crippen MR) is 77.8 cm³/mol. The van der Waals surface area contributed by atoms with Crippen molar-refractivity contribution in [2.24, 2.45) is 0 Å². The van der Waals surface area contributed by atoms with Crippen molar-refractivity contribution in [3.8, 4) is 0 Å². The number of pyridine rings is 1. The van der Waals surface area contributed by atoms with Crippen molar-refractivity contribution in [2.45, 2.75) is 19.4 Å². The zero-order valence-corrected chi connectivity index (χ0v) is 11.0. The number of nitrogens with two attached hydrogens (primary N) is 1. The average Bonchev–Trinajstić information content (AvgIpc) is 2.46. The molecule has 1 aromatic carbocycles. The van der Waals surface area contributed by atoms with Gasteiger partial charge in [-0.05, 0) is 53.8 Å². The van der Waals surface area contributed by atoms with Crippen LogP contribution in [0.2, 0.25) is 0 Å². The molecule has 0 saturated carbocycles. The molecule has 1 aromatic heterocycles. The van der Waals surface area contributed by atoms with Crippen LogP contribution in [0.25, 0.3) is 0 Å². The molecular formula is C16H19N3. The summed E-state index contributed by atoms with van der Waals surface area (Å²) in [5.74, 6) is 0. The molecule has 3 nitrogen and oxygen atoms in total. The SMILES string of the molecule is Nc1ccc2c(c1)CN(CCc1ccncc1)CC2. The molecule has 0 saturated heterocycles. The lowest BCUT2D eigenvalue weighted by molar-refractivity contribution is 0.257. The molecule has 0 amide bonds. The summed E-state index contributed by atoms with van der Waals surface area (Å²) in [4.78, 5) is 6.55. The van der Waals surface area contributed by atoms with Crippen LogP contribution in [0.3, 0.4) is 0 Å². The highest BCUT2D eigenvalue weighted by atomic mass is 15.1. The minimum absolute atomic E-state index is 0.870. The third kappa shape index (κ3) is 2.93. The van der Waals surface area contributed by atoms with E-state index in [1.54, 1.807) is 0 Å². The summed E-state index contributed by atoms with van der Waals surface area (Å²) in [5, 5.41) is 0. The molecule has 1 aliphatic heterocycles. The first kappa shape index (κ1) is 12.2. The van der Waals surface area contributed by atoms with E-state index < -0.39 is 0 Å². The fraction of sp³-hybridized carbons (Fsp3) is 0.312. The molecule has 2 aromatic rings. The Morgan fingerprint density at radius 1 is 1.11 bits per heavy atom. The molecule has 3 rings (SSSR count). The fourth-order valence-corrected chi connectivity index (χ4v) is 2.66. The van der Waals surface area contributed by atoms with Crippen molar-refractivity contribution in [3.63, 3.8) is 0 Å². The molecule has 2 heterocycles. The number of hydrogen-bond acceptors (Lipinski definition) is 3. The lowest BCUT2D eigenvalue weighted by atomic mass is 9.99. The summed E-state index contributed by atoms with van der Waals surface area (Å²) in [5.41, 5.74) is 10.9. The van der Waals surface area contributed by atoms with Crippen LogP contribution in [0, 0.1) is 0 Å². The van der Waals surface area contributed by atoms with E-state index >= 15 is 0 Å². The van der Waals surface area contributed by atoms with Gasteiger partial charge in [0.1, 0.15) is 0 Å². The van der Waals surface area contributed by atoms with Gasteiger partial charge in [0.25, 0.3) is 0 Å². The van der Waals surface area contributed by atoms with E-state index in [2.05, 4.69) is 34.1 Å². The summed E-state index contributed by atoms with van der Waals surface area (Å²) in [6.07, 6.45) is 5.94. The van der Waals surface area contributed by atoms with Gasteiger partial charge in [-0.15, -0.1) is 0 Å². The fourth-order valence-electron chi connectivity index (χ4n) is 2.66. The second-order valence-corrected chi connectivity index (χ2v) is 5.16. The van der Waals surface area contributed by atoms with Crippen molar-refractivity contribution < 1.29 is 0 Å². The molecule has 0 fully saturated rings. The number of nitrogens with zero attached hydrogens (tertiary/aromatic N) is 2. The first-order valence-corrected chi connectivity index (χ1v) is 6.80. The van der Waals surface area contributed by atoms with Gasteiger partial charge in [-0.25, -0.2) is 0 Å². The zero-order valence-electron chi connectivity index (χ0n) is 11.0. The maximum Gasteiger partial charge on any atom is 0.0317 e. The topological polar surface area (TPSA) is 42.1 Å². The number of anilines is 1. The third-order valence-electron chi connectivity index (χ3n) is 3.79. The van der Waals surface area contributed by atoms with Crippen LogP contribution in [0.5, 0.6) is 0 Å². The maximum atomic E-state index is 5.87. The Bertz CT molecular complexity index is 551. The number of rotatable bonds is 3. The number of hydrogen-bond donors (Lipinski definition) is 1. The van der Waals surface area contributed by atoms with Gasteiger partial charge in [0.05, 0.1) is 0 Å². The Morgan fingerprint density at radius 2 is 1.95 bits per heavy atom. The van der Waals surface area contributed by atoms with Crippen molar-refractivity contribution in [3.05, 3.63) is 59.4 Å². The van der Waals surface area contributed by atoms with Crippen molar-refractivity contribution in [2.75, 3.05) is 18.8 Å². The van der Waals surface area contributed by atoms with Gasteiger partial charge in [0.15, 0.2) is 0 Å². The van der Waals surface area contributed by atoms with Crippen molar-refractivity contribution >= 4 is 5.69 Å². The molecule has 2 N–H and O–H groups in total. The summed E-state index contributed by atoms with van der Waals surface area (Å²) in [6, 6.07) is 10.5. The summed E-state index contributed by atoms with van der Waals surface area (Å²) >= 11 is 0. The molecule has 3 heteroatoms. The maximum absolute atomic E-state index is 5.87. The van der Waals surface area contributed by atoms with Crippen LogP contribution in [-0.2, 0) is 19.4 Å². The highest BCUT2D eigenvalue weighted by Gasteiger charge is 2.15. The smallest absolute Gasteiger partial charge is 0.0317 e. The van der Waals surface area contributed by atoms with Gasteiger partial charge < -0.3 is 5.73 Å². The second kappa shape index (κ2) is 5.41. The lowest BCUT2D eigenvalue weighted by Gasteiger charge is -2.28. The van der Waals surface area contributed by atoms with Crippen molar-refractivity contribution in [1.29, 1.82) is 0 Å². The molecule has 0 radical (unpaired) electrons. The molecule has 0 unspecified atom stereocenters. The summed E-state index contributed by atoms with van der Waals surface area (Å²) in [6.45, 7) is 3.26. The Hall–Kier alpha value is -1.87. The monoisotopic (exact) mass is 253 g/mol. The Morgan fingerprint density at radius 3 is 2.79 bits per heavy atom. The Kier molecular flexibility index (Phi) is 3.47. The van der Waals surface area contributed by atoms with E-state index in [9.17, 15) is 0 Å². The van der Waals surface area contributed by atoms with Gasteiger partial charge in [-0.3, -0.25) is 9.88 Å². The standard InChI is InChI=1S/C16H19N3/c17-16-2-1-14-6-10-19(12-15(14)11-16)9-5-13-3-7-18-8-4-13/h1-4,7-8,11H,5-6,9-10,12,17H2. The zero-order chi connectivity index (χ0) is 13.1. The summed E-state index contributed by atoms with van der Waals surface area (Å²) in [7, 11) is 0. The molecule has 19 heavy (non-hydrogen) atoms. The van der Waals surface area contributed by atoms with Crippen LogP contribution >= 0.6 is 0 Å². The average molecular weight is 253 g/mol. The first-order valence-electron chi connectivity index (χ1n) is 6.80.